The minimum Gasteiger partial charge on any atom is -0.480 e. The molecular formula is C26H29N3O6S4. The van der Waals surface area contributed by atoms with Gasteiger partial charge in [0.25, 0.3) is 11.5 Å². The number of aromatic nitrogens is 1. The topological polar surface area (TPSA) is 101 Å². The lowest BCUT2D eigenvalue weighted by Crippen LogP contribution is -2.35. The number of nitrogens with zero attached hydrogens (tertiary/aromatic N) is 3. The van der Waals surface area contributed by atoms with E-state index in [0.717, 1.165) is 57.2 Å². The molecule has 2 aliphatic rings. The van der Waals surface area contributed by atoms with Crippen molar-refractivity contribution in [1.29, 1.82) is 0 Å². The maximum Gasteiger partial charge on any atom is 0.323 e. The number of allylic oxidation sites excluding steroid dienone is 1. The van der Waals surface area contributed by atoms with Crippen molar-refractivity contribution >= 4 is 79.9 Å². The van der Waals surface area contributed by atoms with Crippen LogP contribution in [0.4, 0.5) is 5.69 Å². The molecule has 1 unspecified atom stereocenters. The van der Waals surface area contributed by atoms with Crippen LogP contribution in [0, 0.1) is 0 Å². The van der Waals surface area contributed by atoms with Crippen molar-refractivity contribution in [3.05, 3.63) is 54.4 Å². The zero-order valence-electron chi connectivity index (χ0n) is 22.0. The zero-order valence-corrected chi connectivity index (χ0v) is 25.2. The van der Waals surface area contributed by atoms with Crippen LogP contribution in [0.2, 0.25) is 0 Å². The number of amides is 1. The van der Waals surface area contributed by atoms with Crippen molar-refractivity contribution in [3.8, 4) is 0 Å². The van der Waals surface area contributed by atoms with E-state index >= 15 is 0 Å². The predicted octanol–water partition coefficient (Wildman–Crippen LogP) is 3.66. The van der Waals surface area contributed by atoms with Gasteiger partial charge >= 0.3 is 5.97 Å². The highest BCUT2D eigenvalue weighted by molar-refractivity contribution is 8.30. The molecule has 3 heterocycles. The van der Waals surface area contributed by atoms with E-state index in [1.807, 2.05) is 26.0 Å². The molecule has 4 rings (SSSR count). The number of unbranched alkanes of at least 4 members (excludes halogenated alkanes) is 1. The van der Waals surface area contributed by atoms with E-state index in [1.165, 1.54) is 23.0 Å². The summed E-state index contributed by atoms with van der Waals surface area (Å²) in [5.41, 5.74) is 1.89. The number of thioether (sulfide) groups is 2. The Morgan fingerprint density at radius 1 is 1.18 bits per heavy atom. The smallest absolute Gasteiger partial charge is 0.323 e. The fourth-order valence-corrected chi connectivity index (χ4v) is 7.77. The van der Waals surface area contributed by atoms with E-state index in [2.05, 4.69) is 24.0 Å². The second-order valence-electron chi connectivity index (χ2n) is 8.71. The van der Waals surface area contributed by atoms with Crippen LogP contribution in [-0.2, 0) is 25.9 Å². The quantitative estimate of drug-likeness (QED) is 0.245. The van der Waals surface area contributed by atoms with Crippen LogP contribution in [0.5, 0.6) is 0 Å². The molecule has 1 amide bonds. The van der Waals surface area contributed by atoms with Gasteiger partial charge in [-0.3, -0.25) is 23.9 Å². The molecule has 0 aliphatic carbocycles. The van der Waals surface area contributed by atoms with Gasteiger partial charge in [0.15, 0.2) is 0 Å². The predicted molar refractivity (Wildman–Crippen MR) is 160 cm³/mol. The van der Waals surface area contributed by atoms with Crippen molar-refractivity contribution < 1.29 is 24.5 Å². The molecule has 39 heavy (non-hydrogen) atoms. The Hall–Kier alpha value is -2.42. The van der Waals surface area contributed by atoms with Crippen molar-refractivity contribution in [2.45, 2.75) is 51.2 Å². The molecule has 1 atom stereocenters. The number of thiocarbonyl (C=S) groups is 1. The van der Waals surface area contributed by atoms with Gasteiger partial charge in [0, 0.05) is 18.0 Å². The highest BCUT2D eigenvalue weighted by atomic mass is 32.2. The zero-order chi connectivity index (χ0) is 28.3. The monoisotopic (exact) mass is 607 g/mol. The Morgan fingerprint density at radius 3 is 2.62 bits per heavy atom. The molecule has 0 bridgehead atoms. The van der Waals surface area contributed by atoms with Crippen LogP contribution in [0.1, 0.15) is 45.3 Å². The molecule has 0 saturated carbocycles. The lowest BCUT2D eigenvalue weighted by atomic mass is 10.1. The summed E-state index contributed by atoms with van der Waals surface area (Å²) in [5.74, 6) is -1.64. The minimum absolute atomic E-state index is 0.171. The third kappa shape index (κ3) is 6.18. The Balaban J connectivity index is 1.75. The van der Waals surface area contributed by atoms with Crippen molar-refractivity contribution in [2.75, 3.05) is 25.1 Å². The van der Waals surface area contributed by atoms with Gasteiger partial charge in [-0.2, -0.15) is 0 Å². The van der Waals surface area contributed by atoms with E-state index in [1.54, 1.807) is 17.8 Å². The molecular weight excluding hydrogens is 579 g/mol. The number of carbonyl (C=O) groups excluding carboxylic acids is 1. The van der Waals surface area contributed by atoms with Gasteiger partial charge < -0.3 is 10.0 Å². The van der Waals surface area contributed by atoms with Crippen molar-refractivity contribution in [3.63, 3.8) is 0 Å². The van der Waals surface area contributed by atoms with Gasteiger partial charge in [-0.15, -0.1) is 11.3 Å². The average molecular weight is 608 g/mol. The summed E-state index contributed by atoms with van der Waals surface area (Å²) in [7, 11) is 1.49. The Kier molecular flexibility index (Phi) is 9.73. The number of fused-ring (bicyclic) bond motifs is 1. The van der Waals surface area contributed by atoms with Crippen molar-refractivity contribution in [2.24, 2.45) is 0 Å². The normalized spacial score (nSPS) is 19.0. The fourth-order valence-electron chi connectivity index (χ4n) is 4.18. The second-order valence-corrected chi connectivity index (χ2v) is 12.5. The number of hydrogen-bond donors (Lipinski definition) is 1. The van der Waals surface area contributed by atoms with Crippen LogP contribution in [0.3, 0.4) is 0 Å². The van der Waals surface area contributed by atoms with E-state index in [4.69, 9.17) is 27.1 Å². The first kappa shape index (κ1) is 29.6. The summed E-state index contributed by atoms with van der Waals surface area (Å²) in [6.07, 6.45) is 5.56. The molecule has 9 nitrogen and oxygen atoms in total. The van der Waals surface area contributed by atoms with Gasteiger partial charge in [0.2, 0.25) is 0 Å². The summed E-state index contributed by atoms with van der Waals surface area (Å²) in [5, 5.41) is 10.1. The first-order chi connectivity index (χ1) is 18.7. The first-order valence-electron chi connectivity index (χ1n) is 12.4. The summed E-state index contributed by atoms with van der Waals surface area (Å²) < 4.78 is 2.68. The van der Waals surface area contributed by atoms with E-state index in [-0.39, 0.29) is 20.9 Å². The number of rotatable bonds is 10. The Bertz CT molecular complexity index is 1510. The summed E-state index contributed by atoms with van der Waals surface area (Å²) >= 11 is 9.12. The molecule has 0 spiro atoms. The number of hydrogen-bond acceptors (Lipinski definition) is 10. The summed E-state index contributed by atoms with van der Waals surface area (Å²) in [6, 6.07) is 6.21. The molecule has 13 heteroatoms. The number of anilines is 1. The van der Waals surface area contributed by atoms with E-state index < -0.39 is 18.4 Å². The van der Waals surface area contributed by atoms with Gasteiger partial charge in [0.1, 0.15) is 26.5 Å². The number of carbonyl (C=O) groups is 2. The highest BCUT2D eigenvalue weighted by Crippen LogP contribution is 2.47. The van der Waals surface area contributed by atoms with Crippen LogP contribution < -0.4 is 19.7 Å². The van der Waals surface area contributed by atoms with Gasteiger partial charge in [-0.1, -0.05) is 55.2 Å². The van der Waals surface area contributed by atoms with Crippen molar-refractivity contribution in [1.82, 2.24) is 9.47 Å². The molecule has 2 aliphatic heterocycles. The molecule has 208 valence electrons. The third-order valence-electron chi connectivity index (χ3n) is 6.14. The second kappa shape index (κ2) is 12.8. The Labute approximate surface area is 243 Å². The number of carboxylic acid groups (broad SMARTS) is 1. The molecule has 1 aromatic heterocycles. The SMILES string of the molecule is CCCCN1/C(=C/C=c2/s/c(=C3\SC(=S)N(CC(=O)O)C3=O)n(CC)c2=O)Sc2ccc(C(C)OOC)cc21. The van der Waals surface area contributed by atoms with Crippen LogP contribution in [0.25, 0.3) is 11.0 Å². The molecule has 1 fully saturated rings. The largest absolute Gasteiger partial charge is 0.480 e. The standard InChI is InChI=1S/C26H29N3O6S4/c1-5-7-12-28-17-13-16(15(3)35-34-4)8-9-18(17)37-20(28)11-10-19-23(32)27(6-2)25(38-19)22-24(33)29(14-21(30)31)26(36)39-22/h8-11,13,15H,5-7,12,14H2,1-4H3,(H,30,31)/b19-10+,20-11-,25-22-. The maximum atomic E-state index is 13.3. The van der Waals surface area contributed by atoms with Gasteiger partial charge in [0.05, 0.1) is 22.4 Å². The molecule has 1 saturated heterocycles. The number of aliphatic carboxylic acids is 1. The molecule has 1 aromatic carbocycles. The number of thiazole rings is 1. The molecule has 1 N–H and O–H groups in total. The van der Waals surface area contributed by atoms with E-state index in [9.17, 15) is 14.4 Å². The molecule has 2 aromatic rings. The lowest BCUT2D eigenvalue weighted by molar-refractivity contribution is -0.303. The first-order valence-corrected chi connectivity index (χ1v) is 15.3. The number of carboxylic acids is 1. The average Bonchev–Trinajstić information content (AvgIpc) is 3.51. The number of benzene rings is 1. The summed E-state index contributed by atoms with van der Waals surface area (Å²) in [4.78, 5) is 52.3. The lowest BCUT2D eigenvalue weighted by Gasteiger charge is -2.21. The Morgan fingerprint density at radius 2 is 1.95 bits per heavy atom. The highest BCUT2D eigenvalue weighted by Gasteiger charge is 2.35. The fraction of sp³-hybridized carbons (Fsp3) is 0.385. The van der Waals surface area contributed by atoms with E-state index in [0.29, 0.717) is 15.7 Å². The van der Waals surface area contributed by atoms with Gasteiger partial charge in [-0.05, 0) is 50.1 Å². The van der Waals surface area contributed by atoms with Gasteiger partial charge in [-0.25, -0.2) is 9.78 Å². The third-order valence-corrected chi connectivity index (χ3v) is 9.98. The van der Waals surface area contributed by atoms with Crippen LogP contribution in [0.15, 0.2) is 39.0 Å². The summed E-state index contributed by atoms with van der Waals surface area (Å²) in [6.45, 7) is 6.60. The maximum absolute atomic E-state index is 13.3. The van der Waals surface area contributed by atoms with Crippen LogP contribution in [-0.4, -0.2) is 51.0 Å². The van der Waals surface area contributed by atoms with Crippen LogP contribution >= 0.6 is 47.1 Å². The minimum atomic E-state index is -1.15. The molecule has 0 radical (unpaired) electrons.